The Balaban J connectivity index is 0.00000363. The minimum absolute atomic E-state index is 0. The van der Waals surface area contributed by atoms with Gasteiger partial charge in [-0.25, -0.2) is 0 Å². The number of piperazine rings is 1. The van der Waals surface area contributed by atoms with Crippen LogP contribution in [0.5, 0.6) is 0 Å². The van der Waals surface area contributed by atoms with E-state index in [1.165, 1.54) is 12.1 Å². The molecular formula is C25H38IN5O. The maximum Gasteiger partial charge on any atom is 0.190 e. The molecule has 0 aliphatic carbocycles. The van der Waals surface area contributed by atoms with Crippen LogP contribution in [-0.4, -0.2) is 75.4 Å². The van der Waals surface area contributed by atoms with Gasteiger partial charge in [-0.2, -0.15) is 0 Å². The van der Waals surface area contributed by atoms with E-state index in [4.69, 9.17) is 0 Å². The number of hydrogen-bond acceptors (Lipinski definition) is 4. The predicted octanol–water partition coefficient (Wildman–Crippen LogP) is 3.15. The molecule has 0 spiro atoms. The molecule has 176 valence electrons. The van der Waals surface area contributed by atoms with Crippen molar-refractivity contribution in [2.75, 3.05) is 64.4 Å². The number of nitrogens with one attached hydrogen (secondary N) is 2. The van der Waals surface area contributed by atoms with Crippen molar-refractivity contribution in [3.8, 4) is 0 Å². The largest absolute Gasteiger partial charge is 0.396 e. The quantitative estimate of drug-likeness (QED) is 0.183. The van der Waals surface area contributed by atoms with Crippen molar-refractivity contribution < 1.29 is 5.11 Å². The third-order valence-corrected chi connectivity index (χ3v) is 5.92. The maximum absolute atomic E-state index is 9.71. The standard InChI is InChI=1S/C25H37N5O.HI/c1-26-25(28-20-23(21-31)22-10-4-2-5-11-22)27-14-8-9-15-29-16-18-30(19-17-29)24-12-6-3-7-13-24;/h2-7,10-13,23,31H,8-9,14-21H2,1H3,(H2,26,27,28);1H. The highest BCUT2D eigenvalue weighted by molar-refractivity contribution is 14.0. The van der Waals surface area contributed by atoms with Gasteiger partial charge in [-0.15, -0.1) is 24.0 Å². The van der Waals surface area contributed by atoms with Crippen LogP contribution in [0.4, 0.5) is 5.69 Å². The topological polar surface area (TPSA) is 63.1 Å². The summed E-state index contributed by atoms with van der Waals surface area (Å²) < 4.78 is 0. The number of rotatable bonds is 10. The summed E-state index contributed by atoms with van der Waals surface area (Å²) in [7, 11) is 1.79. The lowest BCUT2D eigenvalue weighted by Crippen LogP contribution is -2.46. The molecule has 1 fully saturated rings. The van der Waals surface area contributed by atoms with Crippen LogP contribution < -0.4 is 15.5 Å². The normalized spacial score (nSPS) is 15.7. The second-order valence-corrected chi connectivity index (χ2v) is 8.04. The third-order valence-electron chi connectivity index (χ3n) is 5.92. The van der Waals surface area contributed by atoms with Gasteiger partial charge in [-0.05, 0) is 37.1 Å². The van der Waals surface area contributed by atoms with E-state index in [9.17, 15) is 5.11 Å². The summed E-state index contributed by atoms with van der Waals surface area (Å²) in [4.78, 5) is 9.35. The molecule has 3 rings (SSSR count). The first kappa shape index (κ1) is 26.4. The molecule has 1 aliphatic heterocycles. The predicted molar refractivity (Wildman–Crippen MR) is 145 cm³/mol. The highest BCUT2D eigenvalue weighted by atomic mass is 127. The lowest BCUT2D eigenvalue weighted by molar-refractivity contribution is 0.253. The summed E-state index contributed by atoms with van der Waals surface area (Å²) in [5.41, 5.74) is 2.47. The van der Waals surface area contributed by atoms with E-state index in [1.807, 2.05) is 18.2 Å². The minimum Gasteiger partial charge on any atom is -0.396 e. The maximum atomic E-state index is 9.71. The molecule has 1 heterocycles. The van der Waals surface area contributed by atoms with Gasteiger partial charge in [0.25, 0.3) is 0 Å². The van der Waals surface area contributed by atoms with Crippen LogP contribution >= 0.6 is 24.0 Å². The zero-order valence-corrected chi connectivity index (χ0v) is 21.4. The smallest absolute Gasteiger partial charge is 0.190 e. The first-order chi connectivity index (χ1) is 15.3. The van der Waals surface area contributed by atoms with E-state index >= 15 is 0 Å². The number of aliphatic imine (C=N–C) groups is 1. The van der Waals surface area contributed by atoms with E-state index in [0.29, 0.717) is 6.54 Å². The lowest BCUT2D eigenvalue weighted by Gasteiger charge is -2.36. The van der Waals surface area contributed by atoms with Crippen molar-refractivity contribution in [2.45, 2.75) is 18.8 Å². The Morgan fingerprint density at radius 1 is 0.938 bits per heavy atom. The monoisotopic (exact) mass is 551 g/mol. The van der Waals surface area contributed by atoms with Crippen molar-refractivity contribution in [3.63, 3.8) is 0 Å². The van der Waals surface area contributed by atoms with Crippen LogP contribution in [0.15, 0.2) is 65.7 Å². The molecule has 0 amide bonds. The molecule has 1 saturated heterocycles. The molecule has 6 nitrogen and oxygen atoms in total. The number of hydrogen-bond donors (Lipinski definition) is 3. The van der Waals surface area contributed by atoms with Gasteiger partial charge < -0.3 is 20.6 Å². The van der Waals surface area contributed by atoms with Crippen molar-refractivity contribution in [1.82, 2.24) is 15.5 Å². The van der Waals surface area contributed by atoms with Gasteiger partial charge in [0.05, 0.1) is 6.61 Å². The van der Waals surface area contributed by atoms with E-state index in [1.54, 1.807) is 7.05 Å². The fourth-order valence-electron chi connectivity index (χ4n) is 3.99. The molecule has 32 heavy (non-hydrogen) atoms. The molecule has 2 aromatic rings. The second-order valence-electron chi connectivity index (χ2n) is 8.04. The Bertz CT molecular complexity index is 766. The summed E-state index contributed by atoms with van der Waals surface area (Å²) in [5, 5.41) is 16.4. The molecule has 7 heteroatoms. The van der Waals surface area contributed by atoms with E-state index in [0.717, 1.165) is 57.2 Å². The van der Waals surface area contributed by atoms with Crippen molar-refractivity contribution >= 4 is 35.6 Å². The number of aliphatic hydroxyl groups excluding tert-OH is 1. The van der Waals surface area contributed by atoms with Gasteiger partial charge in [0.1, 0.15) is 0 Å². The minimum atomic E-state index is 0. The Morgan fingerprint density at radius 2 is 1.59 bits per heavy atom. The van der Waals surface area contributed by atoms with Gasteiger partial charge in [0.2, 0.25) is 0 Å². The highest BCUT2D eigenvalue weighted by Gasteiger charge is 2.16. The van der Waals surface area contributed by atoms with Gasteiger partial charge >= 0.3 is 0 Å². The molecule has 0 radical (unpaired) electrons. The summed E-state index contributed by atoms with van der Waals surface area (Å²) in [6.07, 6.45) is 2.29. The van der Waals surface area contributed by atoms with Crippen molar-refractivity contribution in [3.05, 3.63) is 66.2 Å². The molecule has 3 N–H and O–H groups in total. The van der Waals surface area contributed by atoms with Gasteiger partial charge in [0.15, 0.2) is 5.96 Å². The van der Waals surface area contributed by atoms with Crippen LogP contribution in [0, 0.1) is 0 Å². The lowest BCUT2D eigenvalue weighted by atomic mass is 10.0. The van der Waals surface area contributed by atoms with Crippen LogP contribution in [0.2, 0.25) is 0 Å². The average molecular weight is 552 g/mol. The zero-order valence-electron chi connectivity index (χ0n) is 19.1. The molecule has 0 aromatic heterocycles. The van der Waals surface area contributed by atoms with E-state index in [-0.39, 0.29) is 36.5 Å². The SMILES string of the molecule is CN=C(NCCCCN1CCN(c2ccccc2)CC1)NCC(CO)c1ccccc1.I. The number of benzene rings is 2. The molecule has 0 saturated carbocycles. The number of unbranched alkanes of at least 4 members (excludes halogenated alkanes) is 1. The van der Waals surface area contributed by atoms with Crippen LogP contribution in [-0.2, 0) is 0 Å². The molecule has 1 unspecified atom stereocenters. The number of guanidine groups is 1. The van der Waals surface area contributed by atoms with E-state index in [2.05, 4.69) is 67.9 Å². The third kappa shape index (κ3) is 8.60. The summed E-state index contributed by atoms with van der Waals surface area (Å²) in [6, 6.07) is 20.8. The number of aliphatic hydroxyl groups is 1. The number of anilines is 1. The Hall–Kier alpha value is -1.84. The van der Waals surface area contributed by atoms with Gasteiger partial charge in [-0.1, -0.05) is 48.5 Å². The Kier molecular flexibility index (Phi) is 12.4. The zero-order chi connectivity index (χ0) is 21.7. The molecule has 0 bridgehead atoms. The Morgan fingerprint density at radius 3 is 2.22 bits per heavy atom. The molecule has 1 aliphatic rings. The van der Waals surface area contributed by atoms with Gasteiger partial charge in [0, 0.05) is 57.9 Å². The summed E-state index contributed by atoms with van der Waals surface area (Å²) >= 11 is 0. The van der Waals surface area contributed by atoms with Crippen LogP contribution in [0.3, 0.4) is 0 Å². The van der Waals surface area contributed by atoms with Crippen LogP contribution in [0.1, 0.15) is 24.3 Å². The molecule has 1 atom stereocenters. The average Bonchev–Trinajstić information content (AvgIpc) is 2.84. The van der Waals surface area contributed by atoms with Crippen molar-refractivity contribution in [2.24, 2.45) is 4.99 Å². The van der Waals surface area contributed by atoms with E-state index < -0.39 is 0 Å². The van der Waals surface area contributed by atoms with Crippen molar-refractivity contribution in [1.29, 1.82) is 0 Å². The first-order valence-electron chi connectivity index (χ1n) is 11.4. The number of halogens is 1. The van der Waals surface area contributed by atoms with Gasteiger partial charge in [-0.3, -0.25) is 9.89 Å². The highest BCUT2D eigenvalue weighted by Crippen LogP contribution is 2.16. The first-order valence-corrected chi connectivity index (χ1v) is 11.4. The Labute approximate surface area is 210 Å². The fraction of sp³-hybridized carbons (Fsp3) is 0.480. The summed E-state index contributed by atoms with van der Waals surface area (Å²) in [6.45, 7) is 7.30. The molecular weight excluding hydrogens is 513 g/mol. The number of nitrogens with zero attached hydrogens (tertiary/aromatic N) is 3. The summed E-state index contributed by atoms with van der Waals surface area (Å²) in [5.74, 6) is 0.861. The second kappa shape index (κ2) is 15.1. The number of para-hydroxylation sites is 1. The fourth-order valence-corrected chi connectivity index (χ4v) is 3.99. The van der Waals surface area contributed by atoms with Crippen LogP contribution in [0.25, 0.3) is 0 Å². The molecule has 2 aromatic carbocycles.